The summed E-state index contributed by atoms with van der Waals surface area (Å²) in [7, 11) is 0. The SMILES string of the molecule is Cc1cnc(=O)[nH]c1-c1cncc(OC(C)C)c1. The van der Waals surface area contributed by atoms with Gasteiger partial charge in [0.1, 0.15) is 5.75 Å². The van der Waals surface area contributed by atoms with Gasteiger partial charge in [-0.2, -0.15) is 0 Å². The lowest BCUT2D eigenvalue weighted by molar-refractivity contribution is 0.241. The molecule has 0 aliphatic carbocycles. The van der Waals surface area contributed by atoms with Crippen LogP contribution in [0.2, 0.25) is 0 Å². The lowest BCUT2D eigenvalue weighted by atomic mass is 10.1. The highest BCUT2D eigenvalue weighted by Gasteiger charge is 2.06. The first-order chi connectivity index (χ1) is 8.56. The van der Waals surface area contributed by atoms with E-state index in [1.165, 1.54) is 0 Å². The predicted molar refractivity (Wildman–Crippen MR) is 68.6 cm³/mol. The van der Waals surface area contributed by atoms with Gasteiger partial charge in [-0.25, -0.2) is 9.78 Å². The average molecular weight is 245 g/mol. The molecule has 2 rings (SSSR count). The molecule has 0 saturated carbocycles. The summed E-state index contributed by atoms with van der Waals surface area (Å²) in [5.41, 5.74) is 2.05. The Morgan fingerprint density at radius 3 is 2.78 bits per heavy atom. The molecule has 0 amide bonds. The molecule has 0 aliphatic heterocycles. The van der Waals surface area contributed by atoms with Crippen LogP contribution in [0, 0.1) is 6.92 Å². The van der Waals surface area contributed by atoms with Crippen molar-refractivity contribution in [3.05, 3.63) is 40.7 Å². The second-order valence-electron chi connectivity index (χ2n) is 4.32. The fourth-order valence-corrected chi connectivity index (χ4v) is 1.65. The summed E-state index contributed by atoms with van der Waals surface area (Å²) < 4.78 is 5.58. The molecule has 5 heteroatoms. The molecule has 0 saturated heterocycles. The number of aromatic nitrogens is 3. The minimum Gasteiger partial charge on any atom is -0.489 e. The van der Waals surface area contributed by atoms with Gasteiger partial charge < -0.3 is 9.72 Å². The normalized spacial score (nSPS) is 10.7. The van der Waals surface area contributed by atoms with Crippen molar-refractivity contribution in [3.8, 4) is 17.0 Å². The molecule has 0 radical (unpaired) electrons. The molecule has 0 aliphatic rings. The van der Waals surface area contributed by atoms with Crippen molar-refractivity contribution in [2.45, 2.75) is 26.9 Å². The average Bonchev–Trinajstić information content (AvgIpc) is 2.32. The summed E-state index contributed by atoms with van der Waals surface area (Å²) in [4.78, 5) is 21.8. The molecule has 0 fully saturated rings. The second-order valence-corrected chi connectivity index (χ2v) is 4.32. The number of hydrogen-bond acceptors (Lipinski definition) is 4. The fourth-order valence-electron chi connectivity index (χ4n) is 1.65. The van der Waals surface area contributed by atoms with Crippen LogP contribution in [0.15, 0.2) is 29.5 Å². The number of aromatic amines is 1. The van der Waals surface area contributed by atoms with Gasteiger partial charge in [0.2, 0.25) is 0 Å². The minimum atomic E-state index is -0.370. The Balaban J connectivity index is 2.44. The van der Waals surface area contributed by atoms with Crippen molar-refractivity contribution in [2.24, 2.45) is 0 Å². The molecule has 2 aromatic rings. The van der Waals surface area contributed by atoms with Crippen LogP contribution in [0.4, 0.5) is 0 Å². The number of rotatable bonds is 3. The Morgan fingerprint density at radius 2 is 2.06 bits per heavy atom. The van der Waals surface area contributed by atoms with Crippen molar-refractivity contribution in [1.29, 1.82) is 0 Å². The summed E-state index contributed by atoms with van der Waals surface area (Å²) in [6, 6.07) is 1.85. The first-order valence-electron chi connectivity index (χ1n) is 5.74. The number of H-pyrrole nitrogens is 1. The van der Waals surface area contributed by atoms with Crippen LogP contribution in [0.3, 0.4) is 0 Å². The zero-order valence-corrected chi connectivity index (χ0v) is 10.6. The van der Waals surface area contributed by atoms with Gasteiger partial charge in [-0.1, -0.05) is 0 Å². The monoisotopic (exact) mass is 245 g/mol. The zero-order chi connectivity index (χ0) is 13.1. The third-order valence-corrected chi connectivity index (χ3v) is 2.38. The van der Waals surface area contributed by atoms with Crippen LogP contribution >= 0.6 is 0 Å². The second kappa shape index (κ2) is 5.00. The van der Waals surface area contributed by atoms with Gasteiger partial charge >= 0.3 is 5.69 Å². The van der Waals surface area contributed by atoms with Gasteiger partial charge in [-0.05, 0) is 32.4 Å². The highest BCUT2D eigenvalue weighted by molar-refractivity contribution is 5.62. The number of aryl methyl sites for hydroxylation is 1. The Bertz CT molecular complexity index is 605. The number of pyridine rings is 1. The summed E-state index contributed by atoms with van der Waals surface area (Å²) in [6.07, 6.45) is 4.97. The maximum atomic E-state index is 11.3. The van der Waals surface area contributed by atoms with Crippen molar-refractivity contribution in [3.63, 3.8) is 0 Å². The van der Waals surface area contributed by atoms with E-state index in [-0.39, 0.29) is 11.8 Å². The molecule has 0 aromatic carbocycles. The first-order valence-corrected chi connectivity index (χ1v) is 5.74. The van der Waals surface area contributed by atoms with E-state index in [1.807, 2.05) is 26.8 Å². The largest absolute Gasteiger partial charge is 0.489 e. The molecule has 94 valence electrons. The topological polar surface area (TPSA) is 67.9 Å². The van der Waals surface area contributed by atoms with E-state index in [0.717, 1.165) is 16.8 Å². The van der Waals surface area contributed by atoms with Gasteiger partial charge in [0.15, 0.2) is 0 Å². The number of ether oxygens (including phenoxy) is 1. The molecule has 2 aromatic heterocycles. The van der Waals surface area contributed by atoms with Crippen LogP contribution < -0.4 is 10.4 Å². The molecule has 5 nitrogen and oxygen atoms in total. The van der Waals surface area contributed by atoms with Crippen LogP contribution in [-0.4, -0.2) is 21.1 Å². The van der Waals surface area contributed by atoms with Gasteiger partial charge in [-0.15, -0.1) is 0 Å². The van der Waals surface area contributed by atoms with Crippen LogP contribution in [0.25, 0.3) is 11.3 Å². The van der Waals surface area contributed by atoms with Crippen molar-refractivity contribution >= 4 is 0 Å². The fraction of sp³-hybridized carbons (Fsp3) is 0.308. The van der Waals surface area contributed by atoms with Gasteiger partial charge in [0.25, 0.3) is 0 Å². The summed E-state index contributed by atoms with van der Waals surface area (Å²) in [6.45, 7) is 5.78. The summed E-state index contributed by atoms with van der Waals surface area (Å²) >= 11 is 0. The summed E-state index contributed by atoms with van der Waals surface area (Å²) in [5, 5.41) is 0. The third kappa shape index (κ3) is 2.74. The number of hydrogen-bond donors (Lipinski definition) is 1. The van der Waals surface area contributed by atoms with Crippen molar-refractivity contribution in [2.75, 3.05) is 0 Å². The molecule has 0 spiro atoms. The van der Waals surface area contributed by atoms with E-state index in [2.05, 4.69) is 15.0 Å². The van der Waals surface area contributed by atoms with Crippen molar-refractivity contribution < 1.29 is 4.74 Å². The Hall–Kier alpha value is -2.17. The molecule has 2 heterocycles. The van der Waals surface area contributed by atoms with Gasteiger partial charge in [0, 0.05) is 18.0 Å². The highest BCUT2D eigenvalue weighted by atomic mass is 16.5. The van der Waals surface area contributed by atoms with Crippen LogP contribution in [0.1, 0.15) is 19.4 Å². The maximum Gasteiger partial charge on any atom is 0.345 e. The quantitative estimate of drug-likeness (QED) is 0.897. The molecule has 0 bridgehead atoms. The van der Waals surface area contributed by atoms with Gasteiger partial charge in [-0.3, -0.25) is 4.98 Å². The molecule has 0 atom stereocenters. The predicted octanol–water partition coefficient (Wildman–Crippen LogP) is 1.93. The van der Waals surface area contributed by atoms with E-state index in [1.54, 1.807) is 18.6 Å². The standard InChI is InChI=1S/C13H15N3O2/c1-8(2)18-11-4-10(6-14-7-11)12-9(3)5-15-13(17)16-12/h4-8H,1-3H3,(H,15,16,17). The Kier molecular flexibility index (Phi) is 3.41. The van der Waals surface area contributed by atoms with Crippen LogP contribution in [0.5, 0.6) is 5.75 Å². The lowest BCUT2D eigenvalue weighted by Gasteiger charge is -2.11. The van der Waals surface area contributed by atoms with Crippen LogP contribution in [-0.2, 0) is 0 Å². The summed E-state index contributed by atoms with van der Waals surface area (Å²) in [5.74, 6) is 0.680. The zero-order valence-electron chi connectivity index (χ0n) is 10.6. The molecular weight excluding hydrogens is 230 g/mol. The minimum absolute atomic E-state index is 0.0830. The Labute approximate surface area is 105 Å². The molecular formula is C13H15N3O2. The molecule has 18 heavy (non-hydrogen) atoms. The molecule has 1 N–H and O–H groups in total. The maximum absolute atomic E-state index is 11.3. The Morgan fingerprint density at radius 1 is 1.28 bits per heavy atom. The lowest BCUT2D eigenvalue weighted by Crippen LogP contribution is -2.11. The van der Waals surface area contributed by atoms with E-state index in [0.29, 0.717) is 5.75 Å². The molecule has 0 unspecified atom stereocenters. The van der Waals surface area contributed by atoms with E-state index in [9.17, 15) is 4.79 Å². The smallest absolute Gasteiger partial charge is 0.345 e. The number of nitrogens with one attached hydrogen (secondary N) is 1. The highest BCUT2D eigenvalue weighted by Crippen LogP contribution is 2.22. The van der Waals surface area contributed by atoms with E-state index in [4.69, 9.17) is 4.74 Å². The van der Waals surface area contributed by atoms with Crippen molar-refractivity contribution in [1.82, 2.24) is 15.0 Å². The van der Waals surface area contributed by atoms with Gasteiger partial charge in [0.05, 0.1) is 18.0 Å². The first kappa shape index (κ1) is 12.3. The number of nitrogens with zero attached hydrogens (tertiary/aromatic N) is 2. The van der Waals surface area contributed by atoms with E-state index < -0.39 is 0 Å². The third-order valence-electron chi connectivity index (χ3n) is 2.38. The van der Waals surface area contributed by atoms with E-state index >= 15 is 0 Å².